The molecule has 2 heterocycles. The standard InChI is InChI=1S/C18H21N5O5S/c1-10(16(25)28-3)29-18-22-21-14(7-11-8-15(24)20-17(26)19-11)23(18)12-5-4-6-13(9-12)27-2/h4-6,9-11H,7-8H2,1-3H3,(H2,19,20,24,26). The average Bonchev–Trinajstić information content (AvgIpc) is 3.08. The first-order chi connectivity index (χ1) is 13.9. The van der Waals surface area contributed by atoms with Crippen molar-refractivity contribution < 1.29 is 23.9 Å². The van der Waals surface area contributed by atoms with E-state index >= 15 is 0 Å². The Hall–Kier alpha value is -3.08. The molecule has 10 nitrogen and oxygen atoms in total. The van der Waals surface area contributed by atoms with Gasteiger partial charge in [0.2, 0.25) is 5.91 Å². The van der Waals surface area contributed by atoms with Gasteiger partial charge in [-0.1, -0.05) is 17.8 Å². The number of nitrogens with one attached hydrogen (secondary N) is 2. The Kier molecular flexibility index (Phi) is 6.37. The number of hydrogen-bond donors (Lipinski definition) is 2. The summed E-state index contributed by atoms with van der Waals surface area (Å²) in [6.07, 6.45) is 0.425. The van der Waals surface area contributed by atoms with Gasteiger partial charge in [0.05, 0.1) is 19.9 Å². The Bertz CT molecular complexity index is 915. The zero-order chi connectivity index (χ0) is 21.0. The summed E-state index contributed by atoms with van der Waals surface area (Å²) in [6.45, 7) is 1.71. The molecule has 0 radical (unpaired) electrons. The molecule has 2 unspecified atom stereocenters. The summed E-state index contributed by atoms with van der Waals surface area (Å²) >= 11 is 1.20. The first kappa shape index (κ1) is 20.6. The minimum Gasteiger partial charge on any atom is -0.497 e. The van der Waals surface area contributed by atoms with Crippen molar-refractivity contribution in [3.05, 3.63) is 30.1 Å². The number of aromatic nitrogens is 3. The second kappa shape index (κ2) is 8.95. The number of thioether (sulfide) groups is 1. The number of amides is 3. The number of benzene rings is 1. The van der Waals surface area contributed by atoms with Gasteiger partial charge in [-0.05, 0) is 19.1 Å². The van der Waals surface area contributed by atoms with Crippen LogP contribution in [0.25, 0.3) is 5.69 Å². The van der Waals surface area contributed by atoms with E-state index in [1.54, 1.807) is 18.6 Å². The van der Waals surface area contributed by atoms with E-state index in [0.29, 0.717) is 16.7 Å². The minimum atomic E-state index is -0.535. The van der Waals surface area contributed by atoms with Gasteiger partial charge < -0.3 is 14.8 Å². The Labute approximate surface area is 171 Å². The summed E-state index contributed by atoms with van der Waals surface area (Å²) in [7, 11) is 2.89. The lowest BCUT2D eigenvalue weighted by Crippen LogP contribution is -2.53. The highest BCUT2D eigenvalue weighted by Crippen LogP contribution is 2.28. The van der Waals surface area contributed by atoms with Gasteiger partial charge in [-0.15, -0.1) is 10.2 Å². The van der Waals surface area contributed by atoms with E-state index < -0.39 is 17.3 Å². The molecule has 2 N–H and O–H groups in total. The van der Waals surface area contributed by atoms with Crippen LogP contribution >= 0.6 is 11.8 Å². The number of carbonyl (C=O) groups is 3. The largest absolute Gasteiger partial charge is 0.497 e. The van der Waals surface area contributed by atoms with Crippen LogP contribution < -0.4 is 15.4 Å². The third kappa shape index (κ3) is 4.86. The molecule has 1 aliphatic rings. The van der Waals surface area contributed by atoms with Crippen LogP contribution in [0, 0.1) is 0 Å². The third-order valence-electron chi connectivity index (χ3n) is 4.28. The summed E-state index contributed by atoms with van der Waals surface area (Å²) in [5.41, 5.74) is 0.732. The molecular formula is C18H21N5O5S. The molecule has 2 aromatic rings. The van der Waals surface area contributed by atoms with Gasteiger partial charge in [0, 0.05) is 24.9 Å². The van der Waals surface area contributed by atoms with Gasteiger partial charge in [-0.25, -0.2) is 4.79 Å². The zero-order valence-electron chi connectivity index (χ0n) is 16.2. The van der Waals surface area contributed by atoms with Gasteiger partial charge in [-0.2, -0.15) is 0 Å². The summed E-state index contributed by atoms with van der Waals surface area (Å²) in [5, 5.41) is 13.4. The van der Waals surface area contributed by atoms with Crippen molar-refractivity contribution in [2.24, 2.45) is 0 Å². The lowest BCUT2D eigenvalue weighted by Gasteiger charge is -2.23. The SMILES string of the molecule is COC(=O)C(C)Sc1nnc(CC2CC(=O)NC(=O)N2)n1-c1cccc(OC)c1. The van der Waals surface area contributed by atoms with Gasteiger partial charge >= 0.3 is 12.0 Å². The number of rotatable bonds is 7. The molecule has 0 bridgehead atoms. The first-order valence-corrected chi connectivity index (χ1v) is 9.72. The second-order valence-corrected chi connectivity index (χ2v) is 7.65. The summed E-state index contributed by atoms with van der Waals surface area (Å²) in [5.74, 6) is 0.454. The Balaban J connectivity index is 1.96. The monoisotopic (exact) mass is 419 g/mol. The Morgan fingerprint density at radius 3 is 2.83 bits per heavy atom. The highest BCUT2D eigenvalue weighted by Gasteiger charge is 2.28. The smallest absolute Gasteiger partial charge is 0.321 e. The summed E-state index contributed by atoms with van der Waals surface area (Å²) in [6, 6.07) is 6.35. The zero-order valence-corrected chi connectivity index (χ0v) is 17.0. The van der Waals surface area contributed by atoms with Crippen LogP contribution in [0.1, 0.15) is 19.2 Å². The maximum absolute atomic E-state index is 11.8. The number of carbonyl (C=O) groups excluding carboxylic acids is 3. The number of hydrogen-bond acceptors (Lipinski definition) is 8. The van der Waals surface area contributed by atoms with Crippen LogP contribution in [0.2, 0.25) is 0 Å². The van der Waals surface area contributed by atoms with Gasteiger partial charge in [0.25, 0.3) is 0 Å². The fourth-order valence-electron chi connectivity index (χ4n) is 2.91. The number of nitrogens with zero attached hydrogens (tertiary/aromatic N) is 3. The molecule has 29 heavy (non-hydrogen) atoms. The lowest BCUT2D eigenvalue weighted by molar-refractivity contribution is -0.139. The van der Waals surface area contributed by atoms with Crippen LogP contribution in [0.15, 0.2) is 29.4 Å². The van der Waals surface area contributed by atoms with Crippen LogP contribution in [0.3, 0.4) is 0 Å². The highest BCUT2D eigenvalue weighted by atomic mass is 32.2. The van der Waals surface area contributed by atoms with Crippen molar-refractivity contribution in [1.82, 2.24) is 25.4 Å². The molecule has 1 saturated heterocycles. The molecule has 0 aliphatic carbocycles. The van der Waals surface area contributed by atoms with Crippen molar-refractivity contribution in [2.75, 3.05) is 14.2 Å². The van der Waals surface area contributed by atoms with E-state index in [1.807, 2.05) is 24.3 Å². The van der Waals surface area contributed by atoms with Crippen molar-refractivity contribution >= 4 is 29.7 Å². The van der Waals surface area contributed by atoms with E-state index in [9.17, 15) is 14.4 Å². The average molecular weight is 419 g/mol. The van der Waals surface area contributed by atoms with Crippen LogP contribution in [0.5, 0.6) is 5.75 Å². The fraction of sp³-hybridized carbons (Fsp3) is 0.389. The van der Waals surface area contributed by atoms with E-state index in [4.69, 9.17) is 9.47 Å². The van der Waals surface area contributed by atoms with Crippen molar-refractivity contribution in [3.8, 4) is 11.4 Å². The van der Waals surface area contributed by atoms with Crippen molar-refractivity contribution in [1.29, 1.82) is 0 Å². The van der Waals surface area contributed by atoms with Crippen molar-refractivity contribution in [2.45, 2.75) is 36.2 Å². The lowest BCUT2D eigenvalue weighted by atomic mass is 10.1. The van der Waals surface area contributed by atoms with Gasteiger partial charge in [-0.3, -0.25) is 19.5 Å². The number of imide groups is 1. The van der Waals surface area contributed by atoms with E-state index in [2.05, 4.69) is 20.8 Å². The van der Waals surface area contributed by atoms with Crippen LogP contribution in [-0.4, -0.2) is 58.2 Å². The van der Waals surface area contributed by atoms with Gasteiger partial charge in [0.1, 0.15) is 16.8 Å². The van der Waals surface area contributed by atoms with Crippen LogP contribution in [-0.2, 0) is 20.7 Å². The molecule has 3 rings (SSSR count). The maximum atomic E-state index is 11.8. The topological polar surface area (TPSA) is 124 Å². The molecule has 0 spiro atoms. The minimum absolute atomic E-state index is 0.137. The molecule has 1 aromatic carbocycles. The molecule has 2 atom stereocenters. The number of methoxy groups -OCH3 is 2. The molecule has 154 valence electrons. The Morgan fingerprint density at radius 2 is 2.14 bits per heavy atom. The highest BCUT2D eigenvalue weighted by molar-refractivity contribution is 8.00. The molecule has 1 fully saturated rings. The van der Waals surface area contributed by atoms with E-state index in [-0.39, 0.29) is 24.7 Å². The summed E-state index contributed by atoms with van der Waals surface area (Å²) < 4.78 is 11.9. The van der Waals surface area contributed by atoms with Crippen molar-refractivity contribution in [3.63, 3.8) is 0 Å². The van der Waals surface area contributed by atoms with E-state index in [1.165, 1.54) is 18.9 Å². The predicted octanol–water partition coefficient (Wildman–Crippen LogP) is 1.07. The fourth-order valence-corrected chi connectivity index (χ4v) is 3.82. The maximum Gasteiger partial charge on any atom is 0.321 e. The molecule has 1 aromatic heterocycles. The molecular weight excluding hydrogens is 398 g/mol. The number of esters is 1. The van der Waals surface area contributed by atoms with Crippen LogP contribution in [0.4, 0.5) is 4.79 Å². The van der Waals surface area contributed by atoms with E-state index in [0.717, 1.165) is 5.69 Å². The number of ether oxygens (including phenoxy) is 2. The molecule has 1 aliphatic heterocycles. The third-order valence-corrected chi connectivity index (χ3v) is 5.30. The molecule has 3 amide bonds. The molecule has 11 heteroatoms. The Morgan fingerprint density at radius 1 is 1.34 bits per heavy atom. The summed E-state index contributed by atoms with van der Waals surface area (Å²) in [4.78, 5) is 35.1. The normalized spacial score (nSPS) is 17.3. The molecule has 0 saturated carbocycles. The number of urea groups is 1. The second-order valence-electron chi connectivity index (χ2n) is 6.35. The predicted molar refractivity (Wildman–Crippen MR) is 104 cm³/mol. The quantitative estimate of drug-likeness (QED) is 0.504. The van der Waals surface area contributed by atoms with Gasteiger partial charge in [0.15, 0.2) is 5.16 Å². The first-order valence-electron chi connectivity index (χ1n) is 8.84.